The zero-order valence-electron chi connectivity index (χ0n) is 17.8. The van der Waals surface area contributed by atoms with Crippen LogP contribution in [0.2, 0.25) is 0 Å². The zero-order chi connectivity index (χ0) is 20.6. The number of hydrogen-bond acceptors (Lipinski definition) is 2. The molecule has 1 rings (SSSR count). The van der Waals surface area contributed by atoms with E-state index in [4.69, 9.17) is 6.42 Å². The molecular formula is C24H37NO2. The van der Waals surface area contributed by atoms with E-state index < -0.39 is 6.10 Å². The van der Waals surface area contributed by atoms with Gasteiger partial charge in [-0.25, -0.2) is 0 Å². The van der Waals surface area contributed by atoms with E-state index in [2.05, 4.69) is 62.4 Å². The van der Waals surface area contributed by atoms with Crippen LogP contribution in [0.5, 0.6) is 0 Å². The Hall–Kier alpha value is -1.79. The Morgan fingerprint density at radius 3 is 2.67 bits per heavy atom. The molecule has 0 spiro atoms. The van der Waals surface area contributed by atoms with Gasteiger partial charge in [0.1, 0.15) is 0 Å². The van der Waals surface area contributed by atoms with Crippen LogP contribution in [0.15, 0.2) is 36.0 Å². The SMILES string of the molecule is C#CC1(C)CCC=CC1C=C(C)C=CC(C)CC(C)C(O)C(C)NC(C)=O. The summed E-state index contributed by atoms with van der Waals surface area (Å²) >= 11 is 0. The maximum absolute atomic E-state index is 11.2. The van der Waals surface area contributed by atoms with Gasteiger partial charge in [0, 0.05) is 18.3 Å². The molecule has 0 saturated carbocycles. The third kappa shape index (κ3) is 7.39. The van der Waals surface area contributed by atoms with Gasteiger partial charge in [0.25, 0.3) is 0 Å². The van der Waals surface area contributed by atoms with Gasteiger partial charge in [-0.2, -0.15) is 0 Å². The summed E-state index contributed by atoms with van der Waals surface area (Å²) in [6.45, 7) is 11.8. The van der Waals surface area contributed by atoms with Crippen molar-refractivity contribution in [2.45, 2.75) is 73.0 Å². The molecule has 0 aromatic heterocycles. The summed E-state index contributed by atoms with van der Waals surface area (Å²) in [7, 11) is 0. The summed E-state index contributed by atoms with van der Waals surface area (Å²) in [6, 6.07) is -0.241. The predicted octanol–water partition coefficient (Wildman–Crippen LogP) is 4.64. The van der Waals surface area contributed by atoms with Crippen LogP contribution in [0.3, 0.4) is 0 Å². The van der Waals surface area contributed by atoms with E-state index in [0.29, 0.717) is 5.92 Å². The van der Waals surface area contributed by atoms with Crippen molar-refractivity contribution in [2.75, 3.05) is 0 Å². The van der Waals surface area contributed by atoms with E-state index in [1.807, 2.05) is 13.8 Å². The summed E-state index contributed by atoms with van der Waals surface area (Å²) < 4.78 is 0. The number of carbonyl (C=O) groups is 1. The summed E-state index contributed by atoms with van der Waals surface area (Å²) in [5.74, 6) is 3.58. The van der Waals surface area contributed by atoms with Crippen molar-refractivity contribution < 1.29 is 9.90 Å². The minimum atomic E-state index is -0.551. The Labute approximate surface area is 166 Å². The van der Waals surface area contributed by atoms with Gasteiger partial charge in [-0.3, -0.25) is 4.79 Å². The van der Waals surface area contributed by atoms with Crippen LogP contribution in [0.4, 0.5) is 0 Å². The van der Waals surface area contributed by atoms with Gasteiger partial charge < -0.3 is 10.4 Å². The van der Waals surface area contributed by atoms with Crippen LogP contribution < -0.4 is 5.32 Å². The van der Waals surface area contributed by atoms with Gasteiger partial charge in [-0.1, -0.05) is 55.7 Å². The van der Waals surface area contributed by atoms with Crippen molar-refractivity contribution in [3.63, 3.8) is 0 Å². The predicted molar refractivity (Wildman–Crippen MR) is 114 cm³/mol. The molecule has 1 aliphatic rings. The van der Waals surface area contributed by atoms with Gasteiger partial charge >= 0.3 is 0 Å². The molecule has 1 aliphatic carbocycles. The van der Waals surface area contributed by atoms with E-state index in [-0.39, 0.29) is 29.2 Å². The number of allylic oxidation sites excluding steroid dienone is 6. The van der Waals surface area contributed by atoms with Gasteiger partial charge in [0.15, 0.2) is 0 Å². The number of amides is 1. The van der Waals surface area contributed by atoms with E-state index in [9.17, 15) is 9.90 Å². The smallest absolute Gasteiger partial charge is 0.217 e. The number of terminal acetylenes is 1. The van der Waals surface area contributed by atoms with Crippen LogP contribution in [0, 0.1) is 35.5 Å². The highest BCUT2D eigenvalue weighted by atomic mass is 16.3. The molecule has 0 bridgehead atoms. The summed E-state index contributed by atoms with van der Waals surface area (Å²) in [5, 5.41) is 13.2. The third-order valence-corrected chi connectivity index (χ3v) is 5.64. The fourth-order valence-corrected chi connectivity index (χ4v) is 3.77. The van der Waals surface area contributed by atoms with E-state index in [0.717, 1.165) is 19.3 Å². The molecule has 27 heavy (non-hydrogen) atoms. The molecule has 0 heterocycles. The monoisotopic (exact) mass is 371 g/mol. The second kappa shape index (κ2) is 10.5. The van der Waals surface area contributed by atoms with Crippen LogP contribution in [-0.4, -0.2) is 23.2 Å². The summed E-state index contributed by atoms with van der Waals surface area (Å²) in [5.41, 5.74) is 1.10. The van der Waals surface area contributed by atoms with Crippen molar-refractivity contribution in [3.05, 3.63) is 36.0 Å². The first kappa shape index (κ1) is 23.2. The van der Waals surface area contributed by atoms with Crippen molar-refractivity contribution in [1.82, 2.24) is 5.32 Å². The Kier molecular flexibility index (Phi) is 9.06. The Morgan fingerprint density at radius 2 is 2.07 bits per heavy atom. The molecule has 0 aliphatic heterocycles. The molecular weight excluding hydrogens is 334 g/mol. The first-order valence-corrected chi connectivity index (χ1v) is 10.0. The van der Waals surface area contributed by atoms with Crippen LogP contribution in [-0.2, 0) is 4.79 Å². The second-order valence-electron chi connectivity index (χ2n) is 8.49. The first-order valence-electron chi connectivity index (χ1n) is 10.0. The average molecular weight is 372 g/mol. The molecule has 0 aromatic carbocycles. The van der Waals surface area contributed by atoms with E-state index in [1.165, 1.54) is 12.5 Å². The van der Waals surface area contributed by atoms with E-state index >= 15 is 0 Å². The van der Waals surface area contributed by atoms with E-state index in [1.54, 1.807) is 0 Å². The maximum Gasteiger partial charge on any atom is 0.217 e. The Morgan fingerprint density at radius 1 is 1.41 bits per heavy atom. The topological polar surface area (TPSA) is 49.3 Å². The second-order valence-corrected chi connectivity index (χ2v) is 8.49. The molecule has 3 nitrogen and oxygen atoms in total. The number of rotatable bonds is 8. The standard InChI is InChI=1S/C24H37NO2/c1-8-24(7)14-10-9-11-22(24)16-18(3)13-12-17(2)15-19(4)23(27)20(5)25-21(6)26/h1,9,11-13,16-17,19-20,22-23,27H,10,14-15H2,2-7H3,(H,25,26). The number of aliphatic hydroxyl groups is 1. The highest BCUT2D eigenvalue weighted by Crippen LogP contribution is 2.38. The normalized spacial score (nSPS) is 27.6. The number of hydrogen-bond donors (Lipinski definition) is 2. The largest absolute Gasteiger partial charge is 0.391 e. The minimum absolute atomic E-state index is 0.0989. The maximum atomic E-state index is 11.2. The lowest BCUT2D eigenvalue weighted by atomic mass is 9.71. The van der Waals surface area contributed by atoms with Crippen molar-refractivity contribution >= 4 is 5.91 Å². The molecule has 6 atom stereocenters. The highest BCUT2D eigenvalue weighted by molar-refractivity contribution is 5.73. The number of nitrogens with one attached hydrogen (secondary N) is 1. The first-order chi connectivity index (χ1) is 12.6. The van der Waals surface area contributed by atoms with Gasteiger partial charge in [-0.05, 0) is 51.9 Å². The van der Waals surface area contributed by atoms with Gasteiger partial charge in [0.05, 0.1) is 12.1 Å². The van der Waals surface area contributed by atoms with Crippen LogP contribution >= 0.6 is 0 Å². The average Bonchev–Trinajstić information content (AvgIpc) is 2.60. The molecule has 0 fully saturated rings. The lowest BCUT2D eigenvalue weighted by Gasteiger charge is -2.32. The Bertz CT molecular complexity index is 625. The molecule has 6 unspecified atom stereocenters. The number of aliphatic hydroxyl groups excluding tert-OH is 1. The zero-order valence-corrected chi connectivity index (χ0v) is 17.8. The third-order valence-electron chi connectivity index (χ3n) is 5.64. The van der Waals surface area contributed by atoms with Crippen LogP contribution in [0.1, 0.15) is 60.8 Å². The lowest BCUT2D eigenvalue weighted by molar-refractivity contribution is -0.120. The van der Waals surface area contributed by atoms with Crippen molar-refractivity contribution in [1.29, 1.82) is 0 Å². The van der Waals surface area contributed by atoms with Gasteiger partial charge in [0.2, 0.25) is 5.91 Å². The molecule has 150 valence electrons. The molecule has 2 N–H and O–H groups in total. The molecule has 0 aromatic rings. The highest BCUT2D eigenvalue weighted by Gasteiger charge is 2.30. The molecule has 3 heteroatoms. The minimum Gasteiger partial charge on any atom is -0.391 e. The fraction of sp³-hybridized carbons (Fsp3) is 0.625. The van der Waals surface area contributed by atoms with Crippen molar-refractivity contribution in [3.8, 4) is 12.3 Å². The summed E-state index contributed by atoms with van der Waals surface area (Å²) in [4.78, 5) is 11.2. The quantitative estimate of drug-likeness (QED) is 0.371. The fourth-order valence-electron chi connectivity index (χ4n) is 3.77. The van der Waals surface area contributed by atoms with Gasteiger partial charge in [-0.15, -0.1) is 6.42 Å². The lowest BCUT2D eigenvalue weighted by Crippen LogP contribution is -2.43. The Balaban J connectivity index is 2.65. The van der Waals surface area contributed by atoms with Crippen LogP contribution in [0.25, 0.3) is 0 Å². The van der Waals surface area contributed by atoms with Crippen molar-refractivity contribution in [2.24, 2.45) is 23.2 Å². The molecule has 0 saturated heterocycles. The molecule has 1 amide bonds. The molecule has 0 radical (unpaired) electrons. The number of carbonyl (C=O) groups excluding carboxylic acids is 1. The summed E-state index contributed by atoms with van der Waals surface area (Å²) in [6.07, 6.45) is 19.2.